The Morgan fingerprint density at radius 1 is 0.500 bits per heavy atom. The molecule has 0 aliphatic heterocycles. The summed E-state index contributed by atoms with van der Waals surface area (Å²) in [5.74, 6) is 1.95. The fraction of sp³-hybridized carbons (Fsp3) is 0.222. The molecule has 0 N–H and O–H groups in total. The van der Waals surface area contributed by atoms with Crippen molar-refractivity contribution in [3.8, 4) is 11.5 Å². The number of allylic oxidation sites excluding steroid dienone is 4. The van der Waals surface area contributed by atoms with Crippen molar-refractivity contribution >= 4 is 44.3 Å². The fourth-order valence-electron chi connectivity index (χ4n) is 4.75. The summed E-state index contributed by atoms with van der Waals surface area (Å²) in [6, 6.07) is 38.7. The van der Waals surface area contributed by atoms with E-state index in [4.69, 9.17) is 9.47 Å². The van der Waals surface area contributed by atoms with Gasteiger partial charge in [-0.25, -0.2) is 0 Å². The fourth-order valence-corrected chi connectivity index (χ4v) is 10.4. The normalized spacial score (nSPS) is 15.0. The van der Waals surface area contributed by atoms with Crippen LogP contribution < -0.4 is 30.7 Å². The molecule has 0 saturated carbocycles. The van der Waals surface area contributed by atoms with Crippen LogP contribution in [0, 0.1) is 0 Å². The van der Waals surface area contributed by atoms with E-state index in [1.807, 2.05) is 12.1 Å². The van der Waals surface area contributed by atoms with E-state index < -0.39 is 23.1 Å². The number of hydrogen-bond donors (Lipinski definition) is 0. The van der Waals surface area contributed by atoms with Crippen LogP contribution in [0.5, 0.6) is 11.5 Å². The van der Waals surface area contributed by atoms with E-state index >= 15 is 0 Å². The van der Waals surface area contributed by atoms with Gasteiger partial charge in [-0.15, -0.1) is 0 Å². The van der Waals surface area contributed by atoms with Crippen molar-refractivity contribution < 1.29 is 46.2 Å². The molecule has 1 radical (unpaired) electrons. The van der Waals surface area contributed by atoms with Crippen molar-refractivity contribution in [2.75, 3.05) is 26.5 Å². The molecular formula is C36H40BF4O2P2Rh-. The molecular weight excluding hydrogens is 716 g/mol. The van der Waals surface area contributed by atoms with Crippen LogP contribution in [0.3, 0.4) is 0 Å². The van der Waals surface area contributed by atoms with Crippen molar-refractivity contribution in [1.82, 2.24) is 0 Å². The van der Waals surface area contributed by atoms with Gasteiger partial charge < -0.3 is 26.7 Å². The molecule has 4 aromatic rings. The van der Waals surface area contributed by atoms with E-state index in [1.54, 1.807) is 14.2 Å². The Balaban J connectivity index is 0.000000440. The molecule has 2 atom stereocenters. The standard InChI is InChI=1S/C28H28O2P2.C8H12.BF4.Rh/c1-29-25-17-9-11-19-27(25)31(23-13-5-3-6-14-23)21-22-32(24-15-7-4-8-16-24)28-20-12-10-18-26(28)30-2;1-2-4-6-8-7-5-3-1;2-1(3,4)5;/h3-20H,21-22H2,1-2H3;1-2,7-8H,3-6H2;;/q;;-1;/b;2-1-,8-7-;;/t31-,32-;;;/m0.../s1. The van der Waals surface area contributed by atoms with E-state index in [2.05, 4.69) is 121 Å². The van der Waals surface area contributed by atoms with Gasteiger partial charge in [-0.2, -0.15) is 0 Å². The quantitative estimate of drug-likeness (QED) is 0.0735. The maximum absolute atomic E-state index is 9.75. The molecule has 2 nitrogen and oxygen atoms in total. The van der Waals surface area contributed by atoms with E-state index in [-0.39, 0.29) is 19.5 Å². The number of methoxy groups -OCH3 is 2. The van der Waals surface area contributed by atoms with Crippen LogP contribution in [-0.4, -0.2) is 33.8 Å². The molecule has 1 aliphatic rings. The summed E-state index contributed by atoms with van der Waals surface area (Å²) in [5.41, 5.74) is 0. The second-order valence-electron chi connectivity index (χ2n) is 9.91. The van der Waals surface area contributed by atoms with Crippen LogP contribution in [0.25, 0.3) is 0 Å². The van der Waals surface area contributed by atoms with Gasteiger partial charge in [-0.1, -0.05) is 121 Å². The van der Waals surface area contributed by atoms with Crippen molar-refractivity contribution in [2.45, 2.75) is 25.7 Å². The molecule has 247 valence electrons. The van der Waals surface area contributed by atoms with E-state index in [0.717, 1.165) is 23.8 Å². The zero-order valence-electron chi connectivity index (χ0n) is 26.1. The van der Waals surface area contributed by atoms with Crippen molar-refractivity contribution in [2.24, 2.45) is 0 Å². The molecule has 0 aromatic heterocycles. The smallest absolute Gasteiger partial charge is 0.496 e. The molecule has 0 fully saturated rings. The summed E-state index contributed by atoms with van der Waals surface area (Å²) in [7, 11) is -3.57. The first kappa shape index (κ1) is 39.4. The Hall–Kier alpha value is -2.77. The van der Waals surface area contributed by atoms with Crippen molar-refractivity contribution in [3.63, 3.8) is 0 Å². The monoisotopic (exact) mass is 756 g/mol. The van der Waals surface area contributed by atoms with Gasteiger partial charge in [0.15, 0.2) is 0 Å². The van der Waals surface area contributed by atoms with Crippen molar-refractivity contribution in [1.29, 1.82) is 0 Å². The first-order valence-electron chi connectivity index (χ1n) is 14.9. The molecule has 0 unspecified atom stereocenters. The van der Waals surface area contributed by atoms with Crippen LogP contribution in [0.2, 0.25) is 0 Å². The van der Waals surface area contributed by atoms with Crippen molar-refractivity contribution in [3.05, 3.63) is 133 Å². The third-order valence-electron chi connectivity index (χ3n) is 6.77. The minimum Gasteiger partial charge on any atom is -0.496 e. The minimum absolute atomic E-state index is 0. The van der Waals surface area contributed by atoms with Crippen LogP contribution >= 0.6 is 15.8 Å². The number of rotatable bonds is 9. The molecule has 0 bridgehead atoms. The van der Waals surface area contributed by atoms with Gasteiger partial charge in [0, 0.05) is 30.1 Å². The average molecular weight is 756 g/mol. The number of benzene rings is 4. The third kappa shape index (κ3) is 14.3. The van der Waals surface area contributed by atoms with E-state index in [0.29, 0.717) is 0 Å². The maximum atomic E-state index is 9.75. The van der Waals surface area contributed by atoms with Gasteiger partial charge in [0.1, 0.15) is 11.5 Å². The summed E-state index contributed by atoms with van der Waals surface area (Å²) in [5, 5.41) is 5.38. The number of hydrogen-bond acceptors (Lipinski definition) is 2. The second-order valence-corrected chi connectivity index (χ2v) is 14.5. The summed E-state index contributed by atoms with van der Waals surface area (Å²) >= 11 is 0. The number of ether oxygens (including phenoxy) is 2. The first-order valence-corrected chi connectivity index (χ1v) is 18.0. The average Bonchev–Trinajstić information content (AvgIpc) is 3.03. The van der Waals surface area contributed by atoms with Gasteiger partial charge in [0.05, 0.1) is 14.2 Å². The topological polar surface area (TPSA) is 18.5 Å². The van der Waals surface area contributed by atoms with Gasteiger partial charge in [0.25, 0.3) is 0 Å². The molecule has 0 amide bonds. The summed E-state index contributed by atoms with van der Waals surface area (Å²) in [6.07, 6.45) is 16.2. The molecule has 5 rings (SSSR count). The Kier molecular flexibility index (Phi) is 18.8. The van der Waals surface area contributed by atoms with E-state index in [9.17, 15) is 17.3 Å². The zero-order valence-corrected chi connectivity index (χ0v) is 29.5. The van der Waals surface area contributed by atoms with Gasteiger partial charge in [0.2, 0.25) is 0 Å². The van der Waals surface area contributed by atoms with Crippen LogP contribution in [0.1, 0.15) is 25.7 Å². The predicted molar refractivity (Wildman–Crippen MR) is 188 cm³/mol. The van der Waals surface area contributed by atoms with Gasteiger partial charge >= 0.3 is 7.25 Å². The van der Waals surface area contributed by atoms with Gasteiger partial charge in [-0.3, -0.25) is 0 Å². The maximum Gasteiger partial charge on any atom is 0.673 e. The summed E-state index contributed by atoms with van der Waals surface area (Å²) in [4.78, 5) is 0. The zero-order chi connectivity index (χ0) is 32.3. The number of halogens is 4. The molecule has 1 aliphatic carbocycles. The summed E-state index contributed by atoms with van der Waals surface area (Å²) < 4.78 is 50.5. The SMILES string of the molecule is C1=C\CC/C=C\CC/1.COc1ccccc1[P@@](CC[P@@](c1ccccc1)c1ccccc1OC)c1ccccc1.F[B-](F)(F)F.[Rh]. The third-order valence-corrected chi connectivity index (χ3v) is 12.2. The molecule has 46 heavy (non-hydrogen) atoms. The van der Waals surface area contributed by atoms with Gasteiger partial charge in [-0.05, 0) is 76.6 Å². The molecule has 0 heterocycles. The largest absolute Gasteiger partial charge is 0.673 e. The van der Waals surface area contributed by atoms with E-state index in [1.165, 1.54) is 46.9 Å². The second kappa shape index (κ2) is 21.9. The minimum atomic E-state index is -6.00. The Bertz CT molecular complexity index is 1330. The molecule has 10 heteroatoms. The first-order chi connectivity index (χ1) is 21.8. The Labute approximate surface area is 286 Å². The molecule has 0 spiro atoms. The van der Waals surface area contributed by atoms with Crippen LogP contribution in [0.4, 0.5) is 17.3 Å². The predicted octanol–water partition coefficient (Wildman–Crippen LogP) is 9.24. The Morgan fingerprint density at radius 2 is 0.783 bits per heavy atom. The van der Waals surface area contributed by atoms with Crippen LogP contribution in [0.15, 0.2) is 133 Å². The number of para-hydroxylation sites is 2. The molecule has 4 aromatic carbocycles. The molecule has 0 saturated heterocycles. The van der Waals surface area contributed by atoms with Crippen LogP contribution in [-0.2, 0) is 19.5 Å². The Morgan fingerprint density at radius 3 is 1.09 bits per heavy atom. The summed E-state index contributed by atoms with van der Waals surface area (Å²) in [6.45, 7) is 0.